The maximum absolute atomic E-state index is 14.4. The van der Waals surface area contributed by atoms with Gasteiger partial charge in [-0.05, 0) is 49.6 Å². The highest BCUT2D eigenvalue weighted by Gasteiger charge is 2.45. The number of hydrogen-bond donors (Lipinski definition) is 1. The Bertz CT molecular complexity index is 1820. The second kappa shape index (κ2) is 11.2. The van der Waals surface area contributed by atoms with Crippen molar-refractivity contribution in [1.29, 1.82) is 0 Å². The standard InChI is InChI=1S/C33H27F6N3O/c1-19-3-9-22(10-4-19)28-29(23-11-5-20(2)6-12-23)42(18-21-7-13-24(14-8-21)30(40)43)31(41-28)26-16-15-25(32(34,35)36)17-27(26)33(37,38)39/h3-11,13-17,27H,12,18H2,1-2H3,(H2,40,43). The van der Waals surface area contributed by atoms with E-state index in [0.29, 0.717) is 34.7 Å². The molecule has 0 radical (unpaired) electrons. The highest BCUT2D eigenvalue weighted by molar-refractivity contribution is 5.92. The fraction of sp³-hybridized carbons (Fsp3) is 0.212. The molecule has 2 aliphatic rings. The number of nitrogens with two attached hydrogens (primary N) is 1. The number of allylic oxidation sites excluding steroid dienone is 8. The number of halogens is 6. The van der Waals surface area contributed by atoms with Gasteiger partial charge in [0.25, 0.3) is 0 Å². The first-order valence-corrected chi connectivity index (χ1v) is 13.4. The number of nitrogens with zero attached hydrogens (tertiary/aromatic N) is 2. The third kappa shape index (κ3) is 6.28. The molecular weight excluding hydrogens is 568 g/mol. The summed E-state index contributed by atoms with van der Waals surface area (Å²) in [5.41, 5.74) is 8.19. The van der Waals surface area contributed by atoms with Crippen molar-refractivity contribution in [3.63, 3.8) is 0 Å². The molecule has 0 spiro atoms. The van der Waals surface area contributed by atoms with Crippen LogP contribution in [0.5, 0.6) is 0 Å². The van der Waals surface area contributed by atoms with Crippen LogP contribution in [0.2, 0.25) is 0 Å². The molecule has 2 N–H and O–H groups in total. The van der Waals surface area contributed by atoms with Crippen molar-refractivity contribution in [1.82, 2.24) is 9.55 Å². The Morgan fingerprint density at radius 1 is 0.930 bits per heavy atom. The number of carbonyl (C=O) groups is 1. The lowest BCUT2D eigenvalue weighted by molar-refractivity contribution is -0.147. The quantitative estimate of drug-likeness (QED) is 0.353. The van der Waals surface area contributed by atoms with Crippen LogP contribution >= 0.6 is 0 Å². The van der Waals surface area contributed by atoms with Gasteiger partial charge in [0, 0.05) is 23.2 Å². The van der Waals surface area contributed by atoms with Gasteiger partial charge in [-0.2, -0.15) is 26.3 Å². The van der Waals surface area contributed by atoms with E-state index in [2.05, 4.69) is 0 Å². The summed E-state index contributed by atoms with van der Waals surface area (Å²) in [6.07, 6.45) is -2.01. The lowest BCUT2D eigenvalue weighted by Gasteiger charge is -2.23. The molecule has 1 aromatic heterocycles. The normalized spacial score (nSPS) is 19.8. The van der Waals surface area contributed by atoms with Gasteiger partial charge < -0.3 is 10.3 Å². The van der Waals surface area contributed by atoms with Crippen LogP contribution in [0.4, 0.5) is 26.3 Å². The second-order valence-electron chi connectivity index (χ2n) is 10.6. The first kappa shape index (κ1) is 29.9. The topological polar surface area (TPSA) is 60.9 Å². The molecule has 0 bridgehead atoms. The molecular formula is C33H27F6N3O. The summed E-state index contributed by atoms with van der Waals surface area (Å²) in [5, 5.41) is 0.547. The molecule has 0 saturated carbocycles. The van der Waals surface area contributed by atoms with E-state index in [9.17, 15) is 31.1 Å². The van der Waals surface area contributed by atoms with Crippen LogP contribution in [-0.2, 0) is 6.54 Å². The van der Waals surface area contributed by atoms with E-state index in [0.717, 1.165) is 22.8 Å². The lowest BCUT2D eigenvalue weighted by atomic mass is 9.90. The zero-order valence-corrected chi connectivity index (χ0v) is 23.2. The number of aryl methyl sites for hydroxylation is 1. The summed E-state index contributed by atoms with van der Waals surface area (Å²) in [4.78, 5) is 16.4. The van der Waals surface area contributed by atoms with E-state index in [-0.39, 0.29) is 23.7 Å². The number of carbonyl (C=O) groups excluding carboxylic acids is 1. The SMILES string of the molecule is CC1=CCC(=c2c(-c3ccc(C)cc3)nc(=C3C=CC(C(F)(F)F)=CC3C(F)(F)F)n2Cc2ccc(C(N)=O)cc2)C=C1. The summed E-state index contributed by atoms with van der Waals surface area (Å²) in [5.74, 6) is -3.18. The second-order valence-corrected chi connectivity index (χ2v) is 10.6. The van der Waals surface area contributed by atoms with Crippen LogP contribution in [0, 0.1) is 12.8 Å². The summed E-state index contributed by atoms with van der Waals surface area (Å²) >= 11 is 0. The average Bonchev–Trinajstić information content (AvgIpc) is 3.31. The number of alkyl halides is 6. The van der Waals surface area contributed by atoms with Gasteiger partial charge in [-0.15, -0.1) is 0 Å². The lowest BCUT2D eigenvalue weighted by Crippen LogP contribution is -2.36. The predicted octanol–water partition coefficient (Wildman–Crippen LogP) is 6.45. The zero-order valence-electron chi connectivity index (χ0n) is 23.2. The maximum atomic E-state index is 14.4. The summed E-state index contributed by atoms with van der Waals surface area (Å²) in [6.45, 7) is 3.86. The molecule has 3 aromatic rings. The molecule has 4 nitrogen and oxygen atoms in total. The molecule has 1 atom stereocenters. The van der Waals surface area contributed by atoms with Crippen LogP contribution in [0.25, 0.3) is 22.4 Å². The number of rotatable bonds is 4. The minimum atomic E-state index is -5.02. The van der Waals surface area contributed by atoms with Gasteiger partial charge in [-0.1, -0.05) is 77.9 Å². The van der Waals surface area contributed by atoms with Gasteiger partial charge in [0.1, 0.15) is 11.4 Å². The van der Waals surface area contributed by atoms with E-state index < -0.39 is 35.3 Å². The smallest absolute Gasteiger partial charge is 0.366 e. The number of benzene rings is 2. The number of imidazole rings is 1. The first-order valence-electron chi connectivity index (χ1n) is 13.4. The van der Waals surface area contributed by atoms with Crippen molar-refractivity contribution >= 4 is 17.1 Å². The van der Waals surface area contributed by atoms with Crippen molar-refractivity contribution in [2.24, 2.45) is 11.7 Å². The van der Waals surface area contributed by atoms with Gasteiger partial charge in [-0.3, -0.25) is 4.79 Å². The highest BCUT2D eigenvalue weighted by Crippen LogP contribution is 2.41. The molecule has 2 aromatic carbocycles. The molecule has 0 saturated heterocycles. The number of hydrogen-bond acceptors (Lipinski definition) is 2. The van der Waals surface area contributed by atoms with E-state index in [1.807, 2.05) is 56.3 Å². The van der Waals surface area contributed by atoms with Crippen LogP contribution in [-0.4, -0.2) is 27.8 Å². The molecule has 0 fully saturated rings. The minimum absolute atomic E-state index is 0.0281. The van der Waals surface area contributed by atoms with E-state index in [4.69, 9.17) is 10.7 Å². The Kier molecular flexibility index (Phi) is 7.81. The third-order valence-electron chi connectivity index (χ3n) is 7.43. The Balaban J connectivity index is 1.88. The van der Waals surface area contributed by atoms with Gasteiger partial charge in [0.05, 0.1) is 16.6 Å². The summed E-state index contributed by atoms with van der Waals surface area (Å²) < 4.78 is 85.4. The molecule has 10 heteroatoms. The van der Waals surface area contributed by atoms with Gasteiger partial charge in [0.15, 0.2) is 0 Å². The maximum Gasteiger partial charge on any atom is 0.416 e. The number of aromatic nitrogens is 2. The molecule has 2 aliphatic carbocycles. The van der Waals surface area contributed by atoms with Crippen molar-refractivity contribution in [3.8, 4) is 11.3 Å². The van der Waals surface area contributed by atoms with Crippen molar-refractivity contribution in [2.75, 3.05) is 0 Å². The molecule has 1 heterocycles. The average molecular weight is 596 g/mol. The van der Waals surface area contributed by atoms with Crippen LogP contribution in [0.3, 0.4) is 0 Å². The highest BCUT2D eigenvalue weighted by atomic mass is 19.4. The molecule has 43 heavy (non-hydrogen) atoms. The van der Waals surface area contributed by atoms with Gasteiger partial charge >= 0.3 is 12.4 Å². The zero-order chi connectivity index (χ0) is 31.1. The Morgan fingerprint density at radius 3 is 2.16 bits per heavy atom. The predicted molar refractivity (Wildman–Crippen MR) is 153 cm³/mol. The molecule has 222 valence electrons. The van der Waals surface area contributed by atoms with E-state index in [1.165, 1.54) is 12.1 Å². The van der Waals surface area contributed by atoms with E-state index >= 15 is 0 Å². The van der Waals surface area contributed by atoms with Crippen molar-refractivity contribution < 1.29 is 31.1 Å². The fourth-order valence-corrected chi connectivity index (χ4v) is 5.12. The van der Waals surface area contributed by atoms with Crippen molar-refractivity contribution in [2.45, 2.75) is 39.2 Å². The van der Waals surface area contributed by atoms with E-state index in [1.54, 1.807) is 16.7 Å². The van der Waals surface area contributed by atoms with Gasteiger partial charge in [0.2, 0.25) is 5.91 Å². The summed E-state index contributed by atoms with van der Waals surface area (Å²) in [7, 11) is 0. The molecule has 1 amide bonds. The fourth-order valence-electron chi connectivity index (χ4n) is 5.12. The Hall–Kier alpha value is -4.60. The number of amides is 1. The van der Waals surface area contributed by atoms with Crippen LogP contribution < -0.4 is 16.6 Å². The van der Waals surface area contributed by atoms with Crippen LogP contribution in [0.1, 0.15) is 34.8 Å². The van der Waals surface area contributed by atoms with Crippen LogP contribution in [0.15, 0.2) is 96.1 Å². The minimum Gasteiger partial charge on any atom is -0.366 e. The largest absolute Gasteiger partial charge is 0.416 e. The number of primary amides is 1. The van der Waals surface area contributed by atoms with Crippen molar-refractivity contribution in [3.05, 3.63) is 124 Å². The molecule has 1 unspecified atom stereocenters. The first-order chi connectivity index (χ1) is 20.2. The Morgan fingerprint density at radius 2 is 1.60 bits per heavy atom. The monoisotopic (exact) mass is 595 g/mol. The molecule has 0 aliphatic heterocycles. The van der Waals surface area contributed by atoms with Gasteiger partial charge in [-0.25, -0.2) is 4.98 Å². The molecule has 5 rings (SSSR count). The summed E-state index contributed by atoms with van der Waals surface area (Å²) in [6, 6.07) is 13.6. The Labute approximate surface area is 243 Å². The third-order valence-corrected chi connectivity index (χ3v) is 7.43.